The van der Waals surface area contributed by atoms with E-state index in [0.717, 1.165) is 4.47 Å². The van der Waals surface area contributed by atoms with Crippen molar-refractivity contribution in [1.82, 2.24) is 0 Å². The molecule has 98 valence electrons. The minimum Gasteiger partial charge on any atom is -0.478 e. The Bertz CT molecular complexity index is 613. The Morgan fingerprint density at radius 1 is 1.26 bits per heavy atom. The molecular formula is C14H11BrO3S. The molecule has 0 fully saturated rings. The molecule has 1 N–H and O–H groups in total. The van der Waals surface area contributed by atoms with Crippen LogP contribution in [0.4, 0.5) is 0 Å². The molecule has 0 bridgehead atoms. The molecule has 0 unspecified atom stereocenters. The van der Waals surface area contributed by atoms with Crippen LogP contribution < -0.4 is 4.74 Å². The largest absolute Gasteiger partial charge is 0.478 e. The Morgan fingerprint density at radius 3 is 2.63 bits per heavy atom. The van der Waals surface area contributed by atoms with Gasteiger partial charge in [0, 0.05) is 9.37 Å². The number of ether oxygens (including phenoxy) is 1. The van der Waals surface area contributed by atoms with Crippen molar-refractivity contribution in [3.05, 3.63) is 52.5 Å². The summed E-state index contributed by atoms with van der Waals surface area (Å²) in [6.07, 6.45) is 1.84. The molecule has 2 rings (SSSR count). The summed E-state index contributed by atoms with van der Waals surface area (Å²) < 4.78 is 6.55. The molecule has 19 heavy (non-hydrogen) atoms. The number of benzene rings is 2. The SMILES string of the molecule is CSc1cccc(Oc2cccc(Br)c2)c1C(=O)O. The van der Waals surface area contributed by atoms with E-state index in [-0.39, 0.29) is 5.56 Å². The van der Waals surface area contributed by atoms with Gasteiger partial charge in [-0.2, -0.15) is 0 Å². The van der Waals surface area contributed by atoms with Gasteiger partial charge in [0.1, 0.15) is 17.1 Å². The molecule has 2 aromatic carbocycles. The van der Waals surface area contributed by atoms with Crippen molar-refractivity contribution in [1.29, 1.82) is 0 Å². The number of carboxylic acid groups (broad SMARTS) is 1. The Hall–Kier alpha value is -1.46. The third-order valence-electron chi connectivity index (χ3n) is 2.45. The molecule has 2 aromatic rings. The Kier molecular flexibility index (Phi) is 4.50. The van der Waals surface area contributed by atoms with Crippen LogP contribution in [-0.4, -0.2) is 17.3 Å². The van der Waals surface area contributed by atoms with E-state index in [4.69, 9.17) is 4.74 Å². The van der Waals surface area contributed by atoms with Gasteiger partial charge < -0.3 is 9.84 Å². The number of carboxylic acids is 1. The Balaban J connectivity index is 2.42. The predicted molar refractivity (Wildman–Crippen MR) is 79.4 cm³/mol. The lowest BCUT2D eigenvalue weighted by Crippen LogP contribution is -2.02. The molecule has 0 atom stereocenters. The first-order chi connectivity index (χ1) is 9.11. The second-order valence-electron chi connectivity index (χ2n) is 3.70. The van der Waals surface area contributed by atoms with Crippen molar-refractivity contribution in [2.24, 2.45) is 0 Å². The van der Waals surface area contributed by atoms with E-state index in [9.17, 15) is 9.90 Å². The minimum atomic E-state index is -0.991. The highest BCUT2D eigenvalue weighted by Gasteiger charge is 2.16. The fourth-order valence-corrected chi connectivity index (χ4v) is 2.62. The highest BCUT2D eigenvalue weighted by molar-refractivity contribution is 9.10. The van der Waals surface area contributed by atoms with Crippen LogP contribution in [0.3, 0.4) is 0 Å². The van der Waals surface area contributed by atoms with Gasteiger partial charge >= 0.3 is 5.97 Å². The number of hydrogen-bond donors (Lipinski definition) is 1. The zero-order valence-corrected chi connectivity index (χ0v) is 12.5. The van der Waals surface area contributed by atoms with Crippen LogP contribution in [0.1, 0.15) is 10.4 Å². The van der Waals surface area contributed by atoms with Crippen LogP contribution in [0.15, 0.2) is 51.8 Å². The van der Waals surface area contributed by atoms with E-state index in [1.165, 1.54) is 11.8 Å². The summed E-state index contributed by atoms with van der Waals surface area (Å²) in [5.74, 6) is -0.0532. The molecule has 0 heterocycles. The lowest BCUT2D eigenvalue weighted by Gasteiger charge is -2.11. The molecule has 5 heteroatoms. The second-order valence-corrected chi connectivity index (χ2v) is 5.46. The first-order valence-corrected chi connectivity index (χ1v) is 7.47. The second kappa shape index (κ2) is 6.12. The summed E-state index contributed by atoms with van der Waals surface area (Å²) in [4.78, 5) is 12.0. The smallest absolute Gasteiger partial charge is 0.340 e. The molecular weight excluding hydrogens is 328 g/mol. The van der Waals surface area contributed by atoms with Gasteiger partial charge in [-0.05, 0) is 36.6 Å². The Morgan fingerprint density at radius 2 is 2.00 bits per heavy atom. The first-order valence-electron chi connectivity index (χ1n) is 5.45. The van der Waals surface area contributed by atoms with Crippen molar-refractivity contribution >= 4 is 33.7 Å². The molecule has 0 aliphatic carbocycles. The van der Waals surface area contributed by atoms with Crippen LogP contribution >= 0.6 is 27.7 Å². The van der Waals surface area contributed by atoms with Gasteiger partial charge in [0.15, 0.2) is 0 Å². The summed E-state index contributed by atoms with van der Waals surface area (Å²) in [5, 5.41) is 9.31. The zero-order chi connectivity index (χ0) is 13.8. The lowest BCUT2D eigenvalue weighted by molar-refractivity contribution is 0.0690. The Labute approximate surface area is 123 Å². The van der Waals surface area contributed by atoms with Crippen molar-refractivity contribution in [3.8, 4) is 11.5 Å². The van der Waals surface area contributed by atoms with Crippen LogP contribution in [0, 0.1) is 0 Å². The maximum Gasteiger partial charge on any atom is 0.340 e. The van der Waals surface area contributed by atoms with Crippen molar-refractivity contribution in [2.75, 3.05) is 6.26 Å². The topological polar surface area (TPSA) is 46.5 Å². The maximum absolute atomic E-state index is 11.4. The lowest BCUT2D eigenvalue weighted by atomic mass is 10.2. The number of rotatable bonds is 4. The van der Waals surface area contributed by atoms with E-state index in [2.05, 4.69) is 15.9 Å². The molecule has 0 amide bonds. The van der Waals surface area contributed by atoms with Gasteiger partial charge in [0.25, 0.3) is 0 Å². The quantitative estimate of drug-likeness (QED) is 0.823. The summed E-state index contributed by atoms with van der Waals surface area (Å²) in [6.45, 7) is 0. The molecule has 0 saturated heterocycles. The normalized spacial score (nSPS) is 10.2. The fourth-order valence-electron chi connectivity index (χ4n) is 1.63. The van der Waals surface area contributed by atoms with E-state index in [1.807, 2.05) is 18.4 Å². The molecule has 0 radical (unpaired) electrons. The highest BCUT2D eigenvalue weighted by Crippen LogP contribution is 2.32. The van der Waals surface area contributed by atoms with Gasteiger partial charge in [-0.15, -0.1) is 11.8 Å². The molecule has 0 spiro atoms. The van der Waals surface area contributed by atoms with Gasteiger partial charge in [-0.1, -0.05) is 28.1 Å². The van der Waals surface area contributed by atoms with Crippen molar-refractivity contribution in [2.45, 2.75) is 4.90 Å². The predicted octanol–water partition coefficient (Wildman–Crippen LogP) is 4.66. The fraction of sp³-hybridized carbons (Fsp3) is 0.0714. The third-order valence-corrected chi connectivity index (χ3v) is 3.72. The monoisotopic (exact) mass is 338 g/mol. The van der Waals surface area contributed by atoms with E-state index < -0.39 is 5.97 Å². The molecule has 0 aliphatic rings. The average molecular weight is 339 g/mol. The minimum absolute atomic E-state index is 0.190. The number of carbonyl (C=O) groups is 1. The van der Waals surface area contributed by atoms with Crippen molar-refractivity contribution in [3.63, 3.8) is 0 Å². The molecule has 0 aliphatic heterocycles. The number of aromatic carboxylic acids is 1. The molecule has 3 nitrogen and oxygen atoms in total. The van der Waals surface area contributed by atoms with Gasteiger partial charge in [0.2, 0.25) is 0 Å². The van der Waals surface area contributed by atoms with Crippen LogP contribution in [-0.2, 0) is 0 Å². The molecule has 0 saturated carbocycles. The zero-order valence-electron chi connectivity index (χ0n) is 10.1. The van der Waals surface area contributed by atoms with Gasteiger partial charge in [-0.3, -0.25) is 0 Å². The van der Waals surface area contributed by atoms with Crippen LogP contribution in [0.2, 0.25) is 0 Å². The van der Waals surface area contributed by atoms with Gasteiger partial charge in [-0.25, -0.2) is 4.79 Å². The first kappa shape index (κ1) is 14.0. The molecule has 0 aromatic heterocycles. The average Bonchev–Trinajstić information content (AvgIpc) is 2.38. The summed E-state index contributed by atoms with van der Waals surface area (Å²) in [5.41, 5.74) is 0.190. The standard InChI is InChI=1S/C14H11BrO3S/c1-19-12-7-3-6-11(13(12)14(16)17)18-10-5-2-4-9(15)8-10/h2-8H,1H3,(H,16,17). The summed E-state index contributed by atoms with van der Waals surface area (Å²) >= 11 is 4.73. The third kappa shape index (κ3) is 3.30. The van der Waals surface area contributed by atoms with Gasteiger partial charge in [0.05, 0.1) is 0 Å². The van der Waals surface area contributed by atoms with E-state index >= 15 is 0 Å². The number of hydrogen-bond acceptors (Lipinski definition) is 3. The van der Waals surface area contributed by atoms with E-state index in [0.29, 0.717) is 16.4 Å². The maximum atomic E-state index is 11.4. The summed E-state index contributed by atoms with van der Waals surface area (Å²) in [7, 11) is 0. The number of thioether (sulfide) groups is 1. The van der Waals surface area contributed by atoms with Crippen LogP contribution in [0.5, 0.6) is 11.5 Å². The van der Waals surface area contributed by atoms with Crippen molar-refractivity contribution < 1.29 is 14.6 Å². The van der Waals surface area contributed by atoms with Crippen LogP contribution in [0.25, 0.3) is 0 Å². The number of halogens is 1. The summed E-state index contributed by atoms with van der Waals surface area (Å²) in [6, 6.07) is 12.5. The highest BCUT2D eigenvalue weighted by atomic mass is 79.9. The van der Waals surface area contributed by atoms with E-state index in [1.54, 1.807) is 30.3 Å².